The van der Waals surface area contributed by atoms with Crippen molar-refractivity contribution < 1.29 is 9.90 Å². The molecule has 2 aromatic carbocycles. The molecule has 238 valence electrons. The average Bonchev–Trinajstić information content (AvgIpc) is 3.79. The minimum absolute atomic E-state index is 0.0783. The van der Waals surface area contributed by atoms with Crippen LogP contribution in [0.25, 0.3) is 24.3 Å². The van der Waals surface area contributed by atoms with E-state index in [0.717, 1.165) is 61.2 Å². The monoisotopic (exact) mass is 621 g/mol. The molecule has 1 unspecified atom stereocenters. The van der Waals surface area contributed by atoms with Gasteiger partial charge in [0.25, 0.3) is 0 Å². The summed E-state index contributed by atoms with van der Waals surface area (Å²) in [6.45, 7) is 7.23. The molecule has 2 saturated carbocycles. The number of hydrogen-bond acceptors (Lipinski definition) is 3. The highest BCUT2D eigenvalue weighted by atomic mass is 32.1. The van der Waals surface area contributed by atoms with Crippen LogP contribution in [0.2, 0.25) is 0 Å². The number of fused-ring (bicyclic) bond motifs is 1. The Balaban J connectivity index is 0.000000383. The van der Waals surface area contributed by atoms with Crippen LogP contribution >= 0.6 is 12.6 Å². The maximum absolute atomic E-state index is 10.2. The second-order valence-corrected chi connectivity index (χ2v) is 14.7. The van der Waals surface area contributed by atoms with Gasteiger partial charge >= 0.3 is 5.97 Å². The first-order chi connectivity index (χ1) is 21.7. The highest BCUT2D eigenvalue weighted by Gasteiger charge is 2.42. The van der Waals surface area contributed by atoms with Gasteiger partial charge < -0.3 is 5.11 Å². The fourth-order valence-electron chi connectivity index (χ4n) is 6.79. The van der Waals surface area contributed by atoms with Gasteiger partial charge in [-0.2, -0.15) is 12.6 Å². The minimum atomic E-state index is -0.693. The lowest BCUT2D eigenvalue weighted by Gasteiger charge is -2.42. The van der Waals surface area contributed by atoms with Crippen molar-refractivity contribution >= 4 is 42.9 Å². The molecule has 45 heavy (non-hydrogen) atoms. The average molecular weight is 622 g/mol. The van der Waals surface area contributed by atoms with Crippen molar-refractivity contribution in [1.29, 1.82) is 0 Å². The van der Waals surface area contributed by atoms with Crippen LogP contribution in [0.5, 0.6) is 0 Å². The van der Waals surface area contributed by atoms with Gasteiger partial charge in [0.2, 0.25) is 0 Å². The van der Waals surface area contributed by atoms with E-state index in [4.69, 9.17) is 10.1 Å². The topological polar surface area (TPSA) is 50.2 Å². The van der Waals surface area contributed by atoms with Gasteiger partial charge in [-0.3, -0.25) is 4.79 Å². The summed E-state index contributed by atoms with van der Waals surface area (Å²) in [5.41, 5.74) is 7.18. The zero-order valence-corrected chi connectivity index (χ0v) is 28.4. The highest BCUT2D eigenvalue weighted by Crippen LogP contribution is 2.49. The van der Waals surface area contributed by atoms with E-state index < -0.39 is 5.97 Å². The fourth-order valence-corrected chi connectivity index (χ4v) is 7.22. The Bertz CT molecular complexity index is 1610. The van der Waals surface area contributed by atoms with Gasteiger partial charge in [0, 0.05) is 0 Å². The Morgan fingerprint density at radius 1 is 1.00 bits per heavy atom. The molecule has 2 fully saturated rings. The molecule has 3 nitrogen and oxygen atoms in total. The summed E-state index contributed by atoms with van der Waals surface area (Å²) in [7, 11) is 0. The largest absolute Gasteiger partial charge is 0.481 e. The first-order valence-electron chi connectivity index (χ1n) is 17.0. The Morgan fingerprint density at radius 3 is 2.47 bits per heavy atom. The Morgan fingerprint density at radius 2 is 1.78 bits per heavy atom. The molecule has 0 amide bonds. The zero-order chi connectivity index (χ0) is 31.9. The summed E-state index contributed by atoms with van der Waals surface area (Å²) in [4.78, 5) is 15.1. The van der Waals surface area contributed by atoms with Gasteiger partial charge in [0.05, 0.1) is 17.5 Å². The second kappa shape index (κ2) is 15.0. The first kappa shape index (κ1) is 33.3. The lowest BCUT2D eigenvalue weighted by atomic mass is 9.63. The number of aryl methyl sites for hydroxylation is 2. The Hall–Kier alpha value is -3.11. The first-order valence-corrected chi connectivity index (χ1v) is 17.7. The number of benzene rings is 2. The third-order valence-corrected chi connectivity index (χ3v) is 11.1. The maximum atomic E-state index is 10.2. The van der Waals surface area contributed by atoms with E-state index in [2.05, 4.69) is 118 Å². The second-order valence-electron chi connectivity index (χ2n) is 14.4. The van der Waals surface area contributed by atoms with E-state index in [-0.39, 0.29) is 10.8 Å². The summed E-state index contributed by atoms with van der Waals surface area (Å²) in [5, 5.41) is 10.8. The van der Waals surface area contributed by atoms with Crippen LogP contribution in [0.4, 0.5) is 0 Å². The molecule has 0 spiro atoms. The number of carboxylic acids is 1. The number of pyridine rings is 1. The Labute approximate surface area is 276 Å². The van der Waals surface area contributed by atoms with Gasteiger partial charge in [-0.1, -0.05) is 100 Å². The lowest BCUT2D eigenvalue weighted by molar-refractivity contribution is -0.138. The molecule has 0 bridgehead atoms. The van der Waals surface area contributed by atoms with Crippen molar-refractivity contribution in [2.24, 2.45) is 17.3 Å². The quantitative estimate of drug-likeness (QED) is 0.211. The van der Waals surface area contributed by atoms with E-state index in [9.17, 15) is 4.79 Å². The van der Waals surface area contributed by atoms with E-state index in [1.54, 1.807) is 11.1 Å². The van der Waals surface area contributed by atoms with Gasteiger partial charge in [-0.15, -0.1) is 0 Å². The van der Waals surface area contributed by atoms with Gasteiger partial charge in [-0.25, -0.2) is 4.98 Å². The molecule has 1 aromatic heterocycles. The predicted octanol–water partition coefficient (Wildman–Crippen LogP) is 8.67. The van der Waals surface area contributed by atoms with E-state index in [0.29, 0.717) is 12.3 Å². The molecule has 1 heterocycles. The standard InChI is InChI=1S/C35H41N.C6H10O2S/c1-26-17-20-30-21-23-32(36-34(30)24-18-26)22-19-28-10-6-9-27(25-28)11-7-13-29-12-4-5-16-33(29)35(2,3)31-14-8-15-31;7-5(8)3-6(4-9)1-2-6/h4-6,9-10,12,16,19-26,31H,7-8,11,13-15,17-18H2,1-3H3;9H,1-4H2,(H,7,8)/b22-19+;. The molecular weight excluding hydrogens is 571 g/mol. The normalized spacial score (nSPS) is 18.8. The van der Waals surface area contributed by atoms with Crippen molar-refractivity contribution in [3.05, 3.63) is 99.2 Å². The van der Waals surface area contributed by atoms with Crippen LogP contribution < -0.4 is 10.6 Å². The number of nitrogens with zero attached hydrogens (tertiary/aromatic N) is 1. The summed E-state index contributed by atoms with van der Waals surface area (Å²) in [5.74, 6) is 1.57. The van der Waals surface area contributed by atoms with Gasteiger partial charge in [0.15, 0.2) is 0 Å². The summed E-state index contributed by atoms with van der Waals surface area (Å²) < 4.78 is 0. The number of carbonyl (C=O) groups is 1. The number of aliphatic carboxylic acids is 1. The minimum Gasteiger partial charge on any atom is -0.481 e. The molecule has 3 aliphatic carbocycles. The molecule has 3 aromatic rings. The van der Waals surface area contributed by atoms with Crippen LogP contribution in [0.1, 0.15) is 107 Å². The fraction of sp³-hybridized carbons (Fsp3) is 0.463. The number of carboxylic acid groups (broad SMARTS) is 1. The van der Waals surface area contributed by atoms with Crippen molar-refractivity contribution in [3.63, 3.8) is 0 Å². The maximum Gasteiger partial charge on any atom is 0.303 e. The molecule has 0 aliphatic heterocycles. The third-order valence-electron chi connectivity index (χ3n) is 10.4. The SMILES string of the molecule is CC1CC=c2ccc(/C=C/c3cccc(CCCc4ccccc4C(C)(C)C4CCC4)c3)nc2=CC1.O=C(O)CC1(CS)CC1. The Kier molecular flexibility index (Phi) is 11.1. The predicted molar refractivity (Wildman–Crippen MR) is 193 cm³/mol. The van der Waals surface area contributed by atoms with Crippen LogP contribution in [-0.2, 0) is 23.1 Å². The molecule has 6 rings (SSSR count). The highest BCUT2D eigenvalue weighted by molar-refractivity contribution is 7.80. The summed E-state index contributed by atoms with van der Waals surface area (Å²) in [6, 6.07) is 22.5. The van der Waals surface area contributed by atoms with Gasteiger partial charge in [-0.05, 0) is 126 Å². The van der Waals surface area contributed by atoms with E-state index >= 15 is 0 Å². The zero-order valence-electron chi connectivity index (χ0n) is 27.5. The molecule has 1 N–H and O–H groups in total. The summed E-state index contributed by atoms with van der Waals surface area (Å²) in [6.07, 6.45) is 21.2. The number of rotatable bonds is 11. The van der Waals surface area contributed by atoms with Crippen molar-refractivity contribution in [2.45, 2.75) is 96.8 Å². The summed E-state index contributed by atoms with van der Waals surface area (Å²) >= 11 is 4.07. The lowest BCUT2D eigenvalue weighted by Crippen LogP contribution is -2.34. The van der Waals surface area contributed by atoms with E-state index in [1.807, 2.05) is 0 Å². The molecule has 1 atom stereocenters. The number of thiol groups is 1. The van der Waals surface area contributed by atoms with Crippen molar-refractivity contribution in [1.82, 2.24) is 4.98 Å². The van der Waals surface area contributed by atoms with Crippen LogP contribution in [-0.4, -0.2) is 21.8 Å². The van der Waals surface area contributed by atoms with Crippen molar-refractivity contribution in [3.8, 4) is 0 Å². The number of hydrogen-bond donors (Lipinski definition) is 2. The van der Waals surface area contributed by atoms with Crippen LogP contribution in [0, 0.1) is 17.3 Å². The van der Waals surface area contributed by atoms with Gasteiger partial charge in [0.1, 0.15) is 0 Å². The molecule has 3 aliphatic rings. The molecule has 4 heteroatoms. The molecular formula is C41H51NO2S. The third kappa shape index (κ3) is 9.00. The van der Waals surface area contributed by atoms with Crippen LogP contribution in [0.3, 0.4) is 0 Å². The molecule has 0 radical (unpaired) electrons. The van der Waals surface area contributed by atoms with Crippen molar-refractivity contribution in [2.75, 3.05) is 5.75 Å². The number of aromatic nitrogens is 1. The van der Waals surface area contributed by atoms with E-state index in [1.165, 1.54) is 42.0 Å². The molecule has 0 saturated heterocycles. The van der Waals surface area contributed by atoms with Crippen LogP contribution in [0.15, 0.2) is 60.7 Å². The smallest absolute Gasteiger partial charge is 0.303 e.